The van der Waals surface area contributed by atoms with Gasteiger partial charge in [-0.15, -0.1) is 0 Å². The van der Waals surface area contributed by atoms with E-state index in [1.165, 1.54) is 12.0 Å². The number of aliphatic hydroxyl groups is 1. The van der Waals surface area contributed by atoms with Gasteiger partial charge in [-0.1, -0.05) is 11.6 Å². The number of carbonyl (C=O) groups excluding carboxylic acids is 2. The number of aromatic nitrogens is 1. The van der Waals surface area contributed by atoms with E-state index in [9.17, 15) is 14.7 Å². The molecule has 1 saturated heterocycles. The zero-order valence-electron chi connectivity index (χ0n) is 20.3. The molecule has 3 atom stereocenters. The van der Waals surface area contributed by atoms with Gasteiger partial charge in [0.05, 0.1) is 30.9 Å². The Morgan fingerprint density at radius 1 is 1.29 bits per heavy atom. The minimum Gasteiger partial charge on any atom is -0.497 e. The molecule has 2 aromatic rings. The van der Waals surface area contributed by atoms with Crippen LogP contribution in [0.1, 0.15) is 58.1 Å². The number of pyridine rings is 1. The monoisotopic (exact) mass is 492 g/mol. The van der Waals surface area contributed by atoms with Crippen molar-refractivity contribution in [1.29, 1.82) is 0 Å². The summed E-state index contributed by atoms with van der Waals surface area (Å²) in [5.41, 5.74) is 0.666. The number of esters is 1. The minimum absolute atomic E-state index is 0.120. The predicted molar refractivity (Wildman–Crippen MR) is 129 cm³/mol. The lowest BCUT2D eigenvalue weighted by atomic mass is 9.85. The summed E-state index contributed by atoms with van der Waals surface area (Å²) in [4.78, 5) is 30.9. The Bertz CT molecular complexity index is 1040. The fourth-order valence-electron chi connectivity index (χ4n) is 4.40. The van der Waals surface area contributed by atoms with E-state index < -0.39 is 29.8 Å². The molecule has 0 bridgehead atoms. The van der Waals surface area contributed by atoms with Gasteiger partial charge in [0.25, 0.3) is 0 Å². The molecule has 0 radical (unpaired) electrons. The predicted octanol–water partition coefficient (Wildman–Crippen LogP) is 4.90. The number of fused-ring (bicyclic) bond motifs is 1. The van der Waals surface area contributed by atoms with Gasteiger partial charge < -0.3 is 19.3 Å². The normalized spacial score (nSPS) is 19.6. The third-order valence-corrected chi connectivity index (χ3v) is 6.35. The third kappa shape index (κ3) is 6.10. The highest BCUT2D eigenvalue weighted by molar-refractivity contribution is 6.32. The van der Waals surface area contributed by atoms with E-state index in [1.807, 2.05) is 18.2 Å². The molecule has 3 unspecified atom stereocenters. The molecule has 186 valence electrons. The summed E-state index contributed by atoms with van der Waals surface area (Å²) >= 11 is 6.43. The van der Waals surface area contributed by atoms with Crippen molar-refractivity contribution in [2.45, 2.75) is 64.2 Å². The summed E-state index contributed by atoms with van der Waals surface area (Å²) in [6.07, 6.45) is 2.42. The summed E-state index contributed by atoms with van der Waals surface area (Å²) in [5, 5.41) is 12.2. The zero-order valence-corrected chi connectivity index (χ0v) is 21.1. The van der Waals surface area contributed by atoms with Gasteiger partial charge in [0, 0.05) is 23.7 Å². The van der Waals surface area contributed by atoms with Crippen molar-refractivity contribution in [2.24, 2.45) is 5.92 Å². The Morgan fingerprint density at radius 3 is 2.68 bits per heavy atom. The largest absolute Gasteiger partial charge is 0.497 e. The molecule has 34 heavy (non-hydrogen) atoms. The van der Waals surface area contributed by atoms with Crippen molar-refractivity contribution in [3.05, 3.63) is 35.0 Å². The van der Waals surface area contributed by atoms with Crippen LogP contribution in [0.25, 0.3) is 10.9 Å². The van der Waals surface area contributed by atoms with Gasteiger partial charge >= 0.3 is 12.1 Å². The molecule has 0 aliphatic carbocycles. The van der Waals surface area contributed by atoms with Crippen LogP contribution in [0.5, 0.6) is 5.75 Å². The maximum atomic E-state index is 12.8. The average molecular weight is 493 g/mol. The summed E-state index contributed by atoms with van der Waals surface area (Å²) in [6, 6.07) is 4.73. The van der Waals surface area contributed by atoms with E-state index in [1.54, 1.807) is 34.1 Å². The molecule has 3 rings (SSSR count). The maximum absolute atomic E-state index is 12.8. The van der Waals surface area contributed by atoms with Gasteiger partial charge in [-0.3, -0.25) is 9.88 Å². The van der Waals surface area contributed by atoms with E-state index in [-0.39, 0.29) is 5.92 Å². The molecule has 8 nitrogen and oxygen atoms in total. The van der Waals surface area contributed by atoms with Gasteiger partial charge in [-0.2, -0.15) is 0 Å². The molecule has 1 amide bonds. The molecule has 0 saturated carbocycles. The molecule has 1 aliphatic heterocycles. The van der Waals surface area contributed by atoms with Crippen molar-refractivity contribution in [3.63, 3.8) is 0 Å². The highest BCUT2D eigenvalue weighted by atomic mass is 35.5. The number of amides is 1. The van der Waals surface area contributed by atoms with Crippen LogP contribution >= 0.6 is 11.6 Å². The molecule has 1 fully saturated rings. The molecule has 1 aromatic heterocycles. The number of benzene rings is 1. The average Bonchev–Trinajstić information content (AvgIpc) is 2.80. The van der Waals surface area contributed by atoms with E-state index in [4.69, 9.17) is 25.8 Å². The number of methoxy groups -OCH3 is 2. The Balaban J connectivity index is 1.74. The first kappa shape index (κ1) is 26.0. The second kappa shape index (κ2) is 10.8. The number of rotatable bonds is 6. The Hall–Kier alpha value is -2.58. The Kier molecular flexibility index (Phi) is 8.25. The van der Waals surface area contributed by atoms with Crippen molar-refractivity contribution >= 4 is 34.6 Å². The van der Waals surface area contributed by atoms with Gasteiger partial charge in [-0.05, 0) is 70.6 Å². The van der Waals surface area contributed by atoms with Crippen molar-refractivity contribution in [3.8, 4) is 5.75 Å². The smallest absolute Gasteiger partial charge is 0.410 e. The van der Waals surface area contributed by atoms with E-state index >= 15 is 0 Å². The van der Waals surface area contributed by atoms with Crippen LogP contribution in [0, 0.1) is 5.92 Å². The summed E-state index contributed by atoms with van der Waals surface area (Å²) in [5.74, 6) is 0.327. The Morgan fingerprint density at radius 2 is 2.03 bits per heavy atom. The number of nitrogens with zero attached hydrogens (tertiary/aromatic N) is 2. The third-order valence-electron chi connectivity index (χ3n) is 6.05. The second-order valence-electron chi connectivity index (χ2n) is 9.60. The van der Waals surface area contributed by atoms with Crippen LogP contribution in [0.3, 0.4) is 0 Å². The van der Waals surface area contributed by atoms with E-state index in [2.05, 4.69) is 4.98 Å². The van der Waals surface area contributed by atoms with Crippen LogP contribution in [-0.4, -0.2) is 59.5 Å². The van der Waals surface area contributed by atoms with Crippen LogP contribution in [-0.2, 0) is 14.3 Å². The van der Waals surface area contributed by atoms with Crippen LogP contribution in [0.2, 0.25) is 5.02 Å². The Labute approximate surface area is 205 Å². The van der Waals surface area contributed by atoms with Crippen LogP contribution in [0.4, 0.5) is 4.79 Å². The first-order valence-corrected chi connectivity index (χ1v) is 11.8. The van der Waals surface area contributed by atoms with Crippen molar-refractivity contribution in [2.75, 3.05) is 20.8 Å². The number of likely N-dealkylation sites (tertiary alicyclic amines) is 1. The highest BCUT2D eigenvalue weighted by Crippen LogP contribution is 2.36. The van der Waals surface area contributed by atoms with Crippen LogP contribution < -0.4 is 4.74 Å². The van der Waals surface area contributed by atoms with Gasteiger partial charge in [0.1, 0.15) is 17.4 Å². The molecular formula is C25H33ClN2O6. The highest BCUT2D eigenvalue weighted by Gasteiger charge is 2.39. The molecule has 2 heterocycles. The summed E-state index contributed by atoms with van der Waals surface area (Å²) in [7, 11) is 2.88. The first-order chi connectivity index (χ1) is 16.0. The lowest BCUT2D eigenvalue weighted by Crippen LogP contribution is -2.51. The van der Waals surface area contributed by atoms with Gasteiger partial charge in [-0.25, -0.2) is 9.59 Å². The fourth-order valence-corrected chi connectivity index (χ4v) is 4.68. The topological polar surface area (TPSA) is 98.2 Å². The van der Waals surface area contributed by atoms with E-state index in [0.717, 1.165) is 10.9 Å². The summed E-state index contributed by atoms with van der Waals surface area (Å²) in [6.45, 7) is 5.76. The van der Waals surface area contributed by atoms with Crippen LogP contribution in [0.15, 0.2) is 24.4 Å². The van der Waals surface area contributed by atoms with Crippen molar-refractivity contribution in [1.82, 2.24) is 9.88 Å². The standard InChI is InChI=1S/C25H33ClN2O6/c1-25(2,3)34-23(30)20-12-15(10-11-28(20)24(31)33-5)6-9-21(29)22-17-13-16(32-4)7-8-19(17)27-14-18(22)26/h7-8,13-15,20-21,29H,6,9-12H2,1-5H3. The number of aliphatic hydroxyl groups excluding tert-OH is 1. The SMILES string of the molecule is COC(=O)N1CCC(CCC(O)c2c(Cl)cnc3ccc(OC)cc23)CC1C(=O)OC(C)(C)C. The lowest BCUT2D eigenvalue weighted by Gasteiger charge is -2.38. The number of ether oxygens (including phenoxy) is 3. The molecule has 1 N–H and O–H groups in total. The maximum Gasteiger partial charge on any atom is 0.410 e. The molecule has 0 spiro atoms. The van der Waals surface area contributed by atoms with E-state index in [0.29, 0.717) is 48.6 Å². The quantitative estimate of drug-likeness (QED) is 0.572. The molecule has 9 heteroatoms. The lowest BCUT2D eigenvalue weighted by molar-refractivity contribution is -0.162. The summed E-state index contributed by atoms with van der Waals surface area (Å²) < 4.78 is 15.8. The fraction of sp³-hybridized carbons (Fsp3) is 0.560. The number of carbonyl (C=O) groups is 2. The number of hydrogen-bond donors (Lipinski definition) is 1. The second-order valence-corrected chi connectivity index (χ2v) is 10.0. The molecular weight excluding hydrogens is 460 g/mol. The van der Waals surface area contributed by atoms with Crippen molar-refractivity contribution < 1.29 is 28.9 Å². The number of halogens is 1. The van der Waals surface area contributed by atoms with Gasteiger partial charge in [0.15, 0.2) is 0 Å². The van der Waals surface area contributed by atoms with Gasteiger partial charge in [0.2, 0.25) is 0 Å². The molecule has 1 aliphatic rings. The minimum atomic E-state index is -0.816. The number of hydrogen-bond acceptors (Lipinski definition) is 7. The number of piperidine rings is 1. The molecule has 1 aromatic carbocycles. The first-order valence-electron chi connectivity index (χ1n) is 11.4. The zero-order chi connectivity index (χ0) is 25.0.